The molecular formula is C20H26N4O2. The first-order chi connectivity index (χ1) is 12.7. The molecule has 0 N–H and O–H groups in total. The molecule has 6 heteroatoms. The summed E-state index contributed by atoms with van der Waals surface area (Å²) in [5.41, 5.74) is 3.02. The molecule has 6 nitrogen and oxygen atoms in total. The molecule has 0 spiro atoms. The molecule has 1 aromatic heterocycles. The Labute approximate surface area is 154 Å². The molecule has 2 fully saturated rings. The van der Waals surface area contributed by atoms with Gasteiger partial charge in [0.05, 0.1) is 18.9 Å². The molecule has 1 atom stereocenters. The highest BCUT2D eigenvalue weighted by Crippen LogP contribution is 2.27. The fourth-order valence-electron chi connectivity index (χ4n) is 3.87. The molecule has 0 bridgehead atoms. The summed E-state index contributed by atoms with van der Waals surface area (Å²) in [7, 11) is 1.94. The lowest BCUT2D eigenvalue weighted by molar-refractivity contribution is 0.0705. The number of morpholine rings is 1. The van der Waals surface area contributed by atoms with E-state index in [-0.39, 0.29) is 5.91 Å². The second kappa shape index (κ2) is 7.50. The molecule has 0 aliphatic carbocycles. The topological polar surface area (TPSA) is 50.6 Å². The maximum absolute atomic E-state index is 12.9. The van der Waals surface area contributed by atoms with Gasteiger partial charge in [-0.05, 0) is 43.2 Å². The monoisotopic (exact) mass is 354 g/mol. The number of rotatable bonds is 3. The fraction of sp³-hybridized carbons (Fsp3) is 0.500. The van der Waals surface area contributed by atoms with Crippen LogP contribution in [0, 0.1) is 0 Å². The van der Waals surface area contributed by atoms with E-state index in [1.54, 1.807) is 0 Å². The number of ether oxygens (including phenoxy) is 1. The lowest BCUT2D eigenvalue weighted by atomic mass is 9.94. The van der Waals surface area contributed by atoms with Crippen molar-refractivity contribution in [3.05, 3.63) is 47.8 Å². The number of hydrogen-bond donors (Lipinski definition) is 0. The summed E-state index contributed by atoms with van der Waals surface area (Å²) in [5, 5.41) is 4.53. The molecule has 138 valence electrons. The Morgan fingerprint density at radius 2 is 1.88 bits per heavy atom. The molecule has 0 radical (unpaired) electrons. The Bertz CT molecular complexity index is 749. The first-order valence-corrected chi connectivity index (χ1v) is 9.42. The zero-order valence-corrected chi connectivity index (χ0v) is 15.3. The second-order valence-corrected chi connectivity index (χ2v) is 7.15. The summed E-state index contributed by atoms with van der Waals surface area (Å²) in [6.07, 6.45) is 4.09. The Hall–Kier alpha value is -2.34. The van der Waals surface area contributed by atoms with Gasteiger partial charge in [0, 0.05) is 56.6 Å². The Kier molecular flexibility index (Phi) is 4.93. The van der Waals surface area contributed by atoms with Gasteiger partial charge in [-0.3, -0.25) is 9.48 Å². The largest absolute Gasteiger partial charge is 0.378 e. The number of carbonyl (C=O) groups excluding carboxylic acids is 1. The lowest BCUT2D eigenvalue weighted by Crippen LogP contribution is -2.39. The van der Waals surface area contributed by atoms with Gasteiger partial charge >= 0.3 is 0 Å². The minimum Gasteiger partial charge on any atom is -0.378 e. The van der Waals surface area contributed by atoms with Crippen LogP contribution in [0.5, 0.6) is 0 Å². The van der Waals surface area contributed by atoms with Gasteiger partial charge in [-0.2, -0.15) is 5.10 Å². The van der Waals surface area contributed by atoms with Gasteiger partial charge in [0.2, 0.25) is 0 Å². The zero-order valence-electron chi connectivity index (χ0n) is 15.3. The van der Waals surface area contributed by atoms with E-state index in [2.05, 4.69) is 28.2 Å². The molecule has 26 heavy (non-hydrogen) atoms. The molecule has 3 heterocycles. The number of amides is 1. The summed E-state index contributed by atoms with van der Waals surface area (Å²) in [4.78, 5) is 17.2. The van der Waals surface area contributed by atoms with Crippen LogP contribution in [0.1, 0.15) is 34.8 Å². The van der Waals surface area contributed by atoms with Crippen molar-refractivity contribution in [2.24, 2.45) is 7.05 Å². The summed E-state index contributed by atoms with van der Waals surface area (Å²) in [6.45, 7) is 4.93. The summed E-state index contributed by atoms with van der Waals surface area (Å²) in [5.74, 6) is 0.459. The quantitative estimate of drug-likeness (QED) is 0.849. The standard InChI is InChI=1S/C20H26N4O2/c1-22-10-8-19(21-22)17-3-2-9-24(15-17)20(25)16-4-6-18(7-5-16)23-11-13-26-14-12-23/h4-8,10,17H,2-3,9,11-15H2,1H3/t17-/m0/s1. The van der Waals surface area contributed by atoms with Crippen molar-refractivity contribution in [2.75, 3.05) is 44.3 Å². The van der Waals surface area contributed by atoms with Crippen molar-refractivity contribution >= 4 is 11.6 Å². The number of hydrogen-bond acceptors (Lipinski definition) is 4. The SMILES string of the molecule is Cn1ccc([C@H]2CCCN(C(=O)c3ccc(N4CCOCC4)cc3)C2)n1. The molecule has 2 aliphatic heterocycles. The van der Waals surface area contributed by atoms with Crippen molar-refractivity contribution in [3.63, 3.8) is 0 Å². The third kappa shape index (κ3) is 3.60. The molecule has 2 saturated heterocycles. The van der Waals surface area contributed by atoms with Crippen LogP contribution >= 0.6 is 0 Å². The predicted octanol–water partition coefficient (Wildman–Crippen LogP) is 2.28. The zero-order chi connectivity index (χ0) is 17.9. The first kappa shape index (κ1) is 17.1. The highest BCUT2D eigenvalue weighted by Gasteiger charge is 2.26. The normalized spacial score (nSPS) is 21.0. The Morgan fingerprint density at radius 3 is 2.58 bits per heavy atom. The smallest absolute Gasteiger partial charge is 0.253 e. The van der Waals surface area contributed by atoms with E-state index in [1.165, 1.54) is 0 Å². The van der Waals surface area contributed by atoms with Gasteiger partial charge in [-0.25, -0.2) is 0 Å². The highest BCUT2D eigenvalue weighted by molar-refractivity contribution is 5.94. The molecule has 0 saturated carbocycles. The van der Waals surface area contributed by atoms with Crippen LogP contribution in [0.15, 0.2) is 36.5 Å². The van der Waals surface area contributed by atoms with Gasteiger partial charge < -0.3 is 14.5 Å². The van der Waals surface area contributed by atoms with E-state index in [9.17, 15) is 4.79 Å². The van der Waals surface area contributed by atoms with Gasteiger partial charge in [0.25, 0.3) is 5.91 Å². The molecule has 0 unspecified atom stereocenters. The van der Waals surface area contributed by atoms with E-state index < -0.39 is 0 Å². The van der Waals surface area contributed by atoms with Crippen LogP contribution in [-0.4, -0.2) is 60.0 Å². The molecule has 1 aromatic carbocycles. The van der Waals surface area contributed by atoms with E-state index in [0.717, 1.165) is 69.2 Å². The molecule has 2 aliphatic rings. The first-order valence-electron chi connectivity index (χ1n) is 9.42. The van der Waals surface area contributed by atoms with Gasteiger partial charge in [-0.1, -0.05) is 0 Å². The Morgan fingerprint density at radius 1 is 1.12 bits per heavy atom. The van der Waals surface area contributed by atoms with Crippen molar-refractivity contribution < 1.29 is 9.53 Å². The third-order valence-corrected chi connectivity index (χ3v) is 5.35. The number of piperidine rings is 1. The van der Waals surface area contributed by atoms with Crippen molar-refractivity contribution in [2.45, 2.75) is 18.8 Å². The van der Waals surface area contributed by atoms with Crippen LogP contribution < -0.4 is 4.90 Å². The molecular weight excluding hydrogens is 328 g/mol. The van der Waals surface area contributed by atoms with Crippen molar-refractivity contribution in [1.82, 2.24) is 14.7 Å². The van der Waals surface area contributed by atoms with E-state index in [1.807, 2.05) is 35.0 Å². The van der Waals surface area contributed by atoms with E-state index in [4.69, 9.17) is 4.74 Å². The predicted molar refractivity (Wildman–Crippen MR) is 101 cm³/mol. The average Bonchev–Trinajstić information content (AvgIpc) is 3.15. The van der Waals surface area contributed by atoms with Crippen LogP contribution in [0.3, 0.4) is 0 Å². The third-order valence-electron chi connectivity index (χ3n) is 5.35. The van der Waals surface area contributed by atoms with Crippen LogP contribution in [0.25, 0.3) is 0 Å². The Balaban J connectivity index is 1.43. The number of anilines is 1. The van der Waals surface area contributed by atoms with Crippen LogP contribution in [-0.2, 0) is 11.8 Å². The highest BCUT2D eigenvalue weighted by atomic mass is 16.5. The number of nitrogens with zero attached hydrogens (tertiary/aromatic N) is 4. The van der Waals surface area contributed by atoms with Crippen LogP contribution in [0.4, 0.5) is 5.69 Å². The van der Waals surface area contributed by atoms with Crippen molar-refractivity contribution in [1.29, 1.82) is 0 Å². The second-order valence-electron chi connectivity index (χ2n) is 7.15. The van der Waals surface area contributed by atoms with Crippen molar-refractivity contribution in [3.8, 4) is 0 Å². The van der Waals surface area contributed by atoms with Gasteiger partial charge in [-0.15, -0.1) is 0 Å². The van der Waals surface area contributed by atoms with Crippen LogP contribution in [0.2, 0.25) is 0 Å². The maximum Gasteiger partial charge on any atom is 0.253 e. The summed E-state index contributed by atoms with van der Waals surface area (Å²) >= 11 is 0. The number of aryl methyl sites for hydroxylation is 1. The molecule has 2 aromatic rings. The minimum absolute atomic E-state index is 0.124. The summed E-state index contributed by atoms with van der Waals surface area (Å²) in [6, 6.07) is 10.1. The van der Waals surface area contributed by atoms with Gasteiger partial charge in [0.1, 0.15) is 0 Å². The number of benzene rings is 1. The number of likely N-dealkylation sites (tertiary alicyclic amines) is 1. The fourth-order valence-corrected chi connectivity index (χ4v) is 3.87. The van der Waals surface area contributed by atoms with E-state index in [0.29, 0.717) is 5.92 Å². The average molecular weight is 354 g/mol. The number of carbonyl (C=O) groups is 1. The minimum atomic E-state index is 0.124. The maximum atomic E-state index is 12.9. The van der Waals surface area contributed by atoms with E-state index >= 15 is 0 Å². The summed E-state index contributed by atoms with van der Waals surface area (Å²) < 4.78 is 7.24. The number of aromatic nitrogens is 2. The molecule has 4 rings (SSSR count). The molecule has 1 amide bonds. The van der Waals surface area contributed by atoms with Gasteiger partial charge in [0.15, 0.2) is 0 Å². The lowest BCUT2D eigenvalue weighted by Gasteiger charge is -2.32.